The number of fused-ring (bicyclic) bond motifs is 5. The normalized spacial score (nSPS) is 48.4. The Kier molecular flexibility index (Phi) is 6.22. The second-order valence-electron chi connectivity index (χ2n) is 14.6. The summed E-state index contributed by atoms with van der Waals surface area (Å²) in [7, 11) is 9.60. The van der Waals surface area contributed by atoms with Crippen LogP contribution in [0.25, 0.3) is 0 Å². The van der Waals surface area contributed by atoms with E-state index in [2.05, 4.69) is 42.0 Å². The van der Waals surface area contributed by atoms with Gasteiger partial charge in [0.15, 0.2) is 6.10 Å². The molecule has 0 bridgehead atoms. The summed E-state index contributed by atoms with van der Waals surface area (Å²) in [5.41, 5.74) is 0.627. The molecule has 9 atom stereocenters. The molecule has 0 N–H and O–H groups in total. The van der Waals surface area contributed by atoms with Crippen LogP contribution in [0.1, 0.15) is 72.1 Å². The van der Waals surface area contributed by atoms with Crippen LogP contribution in [0.15, 0.2) is 0 Å². The first-order valence-corrected chi connectivity index (χ1v) is 14.3. The third-order valence-electron chi connectivity index (χ3n) is 12.3. The predicted octanol–water partition coefficient (Wildman–Crippen LogP) is 4.49. The van der Waals surface area contributed by atoms with Gasteiger partial charge in [-0.2, -0.15) is 0 Å². The van der Waals surface area contributed by atoms with E-state index in [-0.39, 0.29) is 17.5 Å². The third-order valence-corrected chi connectivity index (χ3v) is 12.3. The lowest BCUT2D eigenvalue weighted by atomic mass is 9.45. The monoisotopic (exact) mass is 476 g/mol. The number of carbonyl (C=O) groups is 1. The van der Waals surface area contributed by atoms with Crippen molar-refractivity contribution in [2.24, 2.45) is 34.5 Å². The Morgan fingerprint density at radius 1 is 0.941 bits per heavy atom. The summed E-state index contributed by atoms with van der Waals surface area (Å²) in [6, 6.07) is 1.24. The molecule has 0 unspecified atom stereocenters. The Balaban J connectivity index is 1.42. The lowest BCUT2D eigenvalue weighted by Crippen LogP contribution is -2.62. The molecule has 4 aliphatic carbocycles. The predicted molar refractivity (Wildman–Crippen MR) is 135 cm³/mol. The number of hydrogen-bond donors (Lipinski definition) is 0. The highest BCUT2D eigenvalue weighted by Crippen LogP contribution is 2.67. The molecule has 0 amide bonds. The molecule has 5 nitrogen and oxygen atoms in total. The van der Waals surface area contributed by atoms with Gasteiger partial charge >= 0.3 is 5.97 Å². The van der Waals surface area contributed by atoms with Gasteiger partial charge in [0.1, 0.15) is 19.1 Å². The summed E-state index contributed by atoms with van der Waals surface area (Å²) in [6.07, 6.45) is 10.8. The topological polar surface area (TPSA) is 35.5 Å². The van der Waals surface area contributed by atoms with Crippen molar-refractivity contribution in [3.63, 3.8) is 0 Å². The van der Waals surface area contributed by atoms with E-state index in [1.165, 1.54) is 51.4 Å². The molecule has 194 valence electrons. The van der Waals surface area contributed by atoms with Crippen LogP contribution in [0.4, 0.5) is 0 Å². The number of quaternary nitrogens is 2. The zero-order valence-electron chi connectivity index (χ0n) is 23.1. The first-order valence-electron chi connectivity index (χ1n) is 14.3. The fourth-order valence-corrected chi connectivity index (χ4v) is 9.97. The number of likely N-dealkylation sites (N-methyl/N-ethyl adjacent to an activating group) is 1. The van der Waals surface area contributed by atoms with E-state index in [4.69, 9.17) is 9.47 Å². The standard InChI is InChI=1S/C29H52N2O3/c1-20(32)34-27-26(31(7)14-16-33-17-15-31)19-25-23-9-8-21-18-22(30(4,5)6)10-12-28(21,2)24(23)11-13-29(25,27)3/h21-27H,8-19H2,1-7H3/q+2/t21-,22+,23+,24-,25-,26-,27-,28-,29-/m0/s1. The molecule has 5 heteroatoms. The Hall–Kier alpha value is -0.650. The Morgan fingerprint density at radius 2 is 1.62 bits per heavy atom. The average molecular weight is 477 g/mol. The van der Waals surface area contributed by atoms with Crippen molar-refractivity contribution in [2.45, 2.75) is 90.3 Å². The van der Waals surface area contributed by atoms with Gasteiger partial charge < -0.3 is 18.4 Å². The van der Waals surface area contributed by atoms with Gasteiger partial charge in [-0.25, -0.2) is 0 Å². The molecule has 4 saturated carbocycles. The van der Waals surface area contributed by atoms with E-state index < -0.39 is 0 Å². The average Bonchev–Trinajstić information content (AvgIpc) is 3.05. The van der Waals surface area contributed by atoms with Crippen LogP contribution >= 0.6 is 0 Å². The van der Waals surface area contributed by atoms with Gasteiger partial charge in [0, 0.05) is 25.2 Å². The summed E-state index contributed by atoms with van der Waals surface area (Å²) in [5, 5.41) is 0. The van der Waals surface area contributed by atoms with E-state index in [1.54, 1.807) is 6.92 Å². The van der Waals surface area contributed by atoms with E-state index in [0.29, 0.717) is 17.4 Å². The Labute approximate surface area is 208 Å². The van der Waals surface area contributed by atoms with Crippen LogP contribution < -0.4 is 0 Å². The maximum absolute atomic E-state index is 12.3. The smallest absolute Gasteiger partial charge is 0.303 e. The fraction of sp³-hybridized carbons (Fsp3) is 0.966. The van der Waals surface area contributed by atoms with Crippen LogP contribution in [0.2, 0.25) is 0 Å². The van der Waals surface area contributed by atoms with Crippen LogP contribution in [0, 0.1) is 34.5 Å². The summed E-state index contributed by atoms with van der Waals surface area (Å²) < 4.78 is 14.2. The molecule has 5 rings (SSSR count). The van der Waals surface area contributed by atoms with Crippen LogP contribution in [-0.4, -0.2) is 87.6 Å². The number of rotatable bonds is 3. The zero-order chi connectivity index (χ0) is 24.5. The SMILES string of the molecule is CC(=O)O[C@H]1[C@@H]([N+]2(C)CCOCC2)C[C@H]2[C@@H]3CC[C@H]4C[C@H]([N+](C)(C)C)CC[C@]4(C)[C@H]3CC[C@@]21C. The van der Waals surface area contributed by atoms with Crippen LogP contribution in [-0.2, 0) is 14.3 Å². The highest BCUT2D eigenvalue weighted by atomic mass is 16.5. The largest absolute Gasteiger partial charge is 0.456 e. The molecule has 0 radical (unpaired) electrons. The van der Waals surface area contributed by atoms with Gasteiger partial charge in [-0.05, 0) is 67.6 Å². The minimum atomic E-state index is -0.0897. The summed E-state index contributed by atoms with van der Waals surface area (Å²) in [6.45, 7) is 10.6. The minimum absolute atomic E-state index is 0.0542. The van der Waals surface area contributed by atoms with Gasteiger partial charge in [0.25, 0.3) is 0 Å². The van der Waals surface area contributed by atoms with Crippen LogP contribution in [0.5, 0.6) is 0 Å². The number of ether oxygens (including phenoxy) is 2. The summed E-state index contributed by atoms with van der Waals surface area (Å²) in [4.78, 5) is 12.3. The van der Waals surface area contributed by atoms with Crippen LogP contribution in [0.3, 0.4) is 0 Å². The van der Waals surface area contributed by atoms with E-state index in [1.807, 2.05) is 0 Å². The molecule has 34 heavy (non-hydrogen) atoms. The number of hydrogen-bond acceptors (Lipinski definition) is 3. The minimum Gasteiger partial charge on any atom is -0.456 e. The molecule has 0 aromatic rings. The second-order valence-corrected chi connectivity index (χ2v) is 14.6. The lowest BCUT2D eigenvalue weighted by molar-refractivity contribution is -0.942. The Morgan fingerprint density at radius 3 is 2.26 bits per heavy atom. The van der Waals surface area contributed by atoms with Gasteiger partial charge in [0.2, 0.25) is 0 Å². The van der Waals surface area contributed by atoms with Crippen molar-refractivity contribution >= 4 is 5.97 Å². The van der Waals surface area contributed by atoms with E-state index in [9.17, 15) is 4.79 Å². The molecular formula is C29H52N2O3+2. The second kappa shape index (κ2) is 8.45. The quantitative estimate of drug-likeness (QED) is 0.445. The van der Waals surface area contributed by atoms with Crippen molar-refractivity contribution in [1.29, 1.82) is 0 Å². The molecule has 0 aromatic carbocycles. The van der Waals surface area contributed by atoms with Gasteiger partial charge in [-0.3, -0.25) is 4.79 Å². The third kappa shape index (κ3) is 3.87. The summed E-state index contributed by atoms with van der Waals surface area (Å²) >= 11 is 0. The molecule has 1 heterocycles. The van der Waals surface area contributed by atoms with E-state index in [0.717, 1.165) is 59.1 Å². The first kappa shape index (κ1) is 25.0. The van der Waals surface area contributed by atoms with E-state index >= 15 is 0 Å². The fourth-order valence-electron chi connectivity index (χ4n) is 9.97. The van der Waals surface area contributed by atoms with Crippen molar-refractivity contribution < 1.29 is 23.2 Å². The molecule has 0 spiro atoms. The maximum atomic E-state index is 12.3. The molecule has 5 aliphatic rings. The van der Waals surface area contributed by atoms with Crippen molar-refractivity contribution in [1.82, 2.24) is 0 Å². The van der Waals surface area contributed by atoms with Gasteiger partial charge in [-0.1, -0.05) is 13.8 Å². The highest BCUT2D eigenvalue weighted by molar-refractivity contribution is 5.66. The Bertz CT molecular complexity index is 787. The molecule has 1 saturated heterocycles. The lowest BCUT2D eigenvalue weighted by Gasteiger charge is -2.61. The molecule has 1 aliphatic heterocycles. The summed E-state index contributed by atoms with van der Waals surface area (Å²) in [5.74, 6) is 3.14. The number of morpholine rings is 1. The molecule has 0 aromatic heterocycles. The number of esters is 1. The van der Waals surface area contributed by atoms with Crippen molar-refractivity contribution in [3.8, 4) is 0 Å². The number of carbonyl (C=O) groups excluding carboxylic acids is 1. The maximum Gasteiger partial charge on any atom is 0.303 e. The zero-order valence-corrected chi connectivity index (χ0v) is 23.1. The highest BCUT2D eigenvalue weighted by Gasteiger charge is 2.66. The molecule has 5 fully saturated rings. The van der Waals surface area contributed by atoms with Gasteiger partial charge in [0.05, 0.1) is 47.4 Å². The van der Waals surface area contributed by atoms with Crippen molar-refractivity contribution in [3.05, 3.63) is 0 Å². The first-order chi connectivity index (χ1) is 15.9. The number of nitrogens with zero attached hydrogens (tertiary/aromatic N) is 2. The van der Waals surface area contributed by atoms with Gasteiger partial charge in [-0.15, -0.1) is 0 Å². The molecular weight excluding hydrogens is 424 g/mol. The van der Waals surface area contributed by atoms with Crippen molar-refractivity contribution in [2.75, 3.05) is 54.5 Å².